The van der Waals surface area contributed by atoms with Crippen molar-refractivity contribution >= 4 is 16.9 Å². The fourth-order valence-corrected chi connectivity index (χ4v) is 2.83. The quantitative estimate of drug-likeness (QED) is 0.812. The molecule has 23 heavy (non-hydrogen) atoms. The summed E-state index contributed by atoms with van der Waals surface area (Å²) >= 11 is 0. The normalized spacial score (nSPS) is 16.8. The molecule has 0 N–H and O–H groups in total. The van der Waals surface area contributed by atoms with Gasteiger partial charge in [0.25, 0.3) is 6.43 Å². The minimum absolute atomic E-state index is 0.207. The largest absolute Gasteiger partial charge is 0.459 e. The highest BCUT2D eigenvalue weighted by Crippen LogP contribution is 2.18. The van der Waals surface area contributed by atoms with E-state index in [1.54, 1.807) is 29.3 Å². The Morgan fingerprint density at radius 2 is 2.09 bits per heavy atom. The molecule has 6 heteroatoms. The first kappa shape index (κ1) is 15.8. The zero-order valence-electron chi connectivity index (χ0n) is 12.6. The molecule has 0 atom stereocenters. The van der Waals surface area contributed by atoms with Crippen LogP contribution in [0.3, 0.4) is 0 Å². The summed E-state index contributed by atoms with van der Waals surface area (Å²) in [6.07, 6.45) is 0.357. The lowest BCUT2D eigenvalue weighted by molar-refractivity contribution is 0.00227. The Bertz CT molecular complexity index is 685. The van der Waals surface area contributed by atoms with Crippen LogP contribution in [0.2, 0.25) is 0 Å². The van der Waals surface area contributed by atoms with Crippen LogP contribution in [-0.4, -0.2) is 48.0 Å². The molecule has 0 aliphatic carbocycles. The molecule has 0 amide bonds. The van der Waals surface area contributed by atoms with Gasteiger partial charge in [0.05, 0.1) is 17.6 Å². The van der Waals surface area contributed by atoms with Gasteiger partial charge in [-0.1, -0.05) is 6.07 Å². The van der Waals surface area contributed by atoms with Crippen LogP contribution in [0, 0.1) is 0 Å². The molecule has 2 heterocycles. The number of halogens is 2. The second-order valence-electron chi connectivity index (χ2n) is 5.71. The highest BCUT2D eigenvalue weighted by molar-refractivity contribution is 5.94. The Morgan fingerprint density at radius 3 is 2.83 bits per heavy atom. The van der Waals surface area contributed by atoms with E-state index in [1.807, 2.05) is 12.1 Å². The molecule has 3 rings (SSSR count). The van der Waals surface area contributed by atoms with Crippen molar-refractivity contribution in [2.75, 3.05) is 19.6 Å². The van der Waals surface area contributed by atoms with Crippen molar-refractivity contribution in [2.45, 2.75) is 25.4 Å². The van der Waals surface area contributed by atoms with Crippen molar-refractivity contribution in [3.05, 3.63) is 42.1 Å². The Morgan fingerprint density at radius 1 is 1.30 bits per heavy atom. The number of ether oxygens (including phenoxy) is 1. The molecule has 0 radical (unpaired) electrons. The van der Waals surface area contributed by atoms with E-state index < -0.39 is 6.43 Å². The number of fused-ring (bicyclic) bond motifs is 1. The van der Waals surface area contributed by atoms with Gasteiger partial charge in [0.15, 0.2) is 0 Å². The molecular weight excluding hydrogens is 302 g/mol. The Balaban J connectivity index is 1.58. The number of aromatic nitrogens is 1. The van der Waals surface area contributed by atoms with Crippen LogP contribution in [0.15, 0.2) is 36.5 Å². The first-order valence-electron chi connectivity index (χ1n) is 7.68. The van der Waals surface area contributed by atoms with Gasteiger partial charge in [0.1, 0.15) is 6.10 Å². The average Bonchev–Trinajstić information content (AvgIpc) is 2.55. The third-order valence-electron chi connectivity index (χ3n) is 4.04. The molecule has 1 aromatic heterocycles. The van der Waals surface area contributed by atoms with Gasteiger partial charge in [-0.05, 0) is 37.1 Å². The van der Waals surface area contributed by atoms with Gasteiger partial charge in [-0.3, -0.25) is 9.88 Å². The highest BCUT2D eigenvalue weighted by atomic mass is 19.3. The number of piperidine rings is 1. The lowest BCUT2D eigenvalue weighted by atomic mass is 10.1. The summed E-state index contributed by atoms with van der Waals surface area (Å²) in [5.41, 5.74) is 1.31. The third kappa shape index (κ3) is 4.01. The molecule has 1 fully saturated rings. The zero-order valence-corrected chi connectivity index (χ0v) is 12.6. The predicted octanol–water partition coefficient (Wildman–Crippen LogP) is 3.12. The lowest BCUT2D eigenvalue weighted by Gasteiger charge is -2.31. The molecule has 1 saturated heterocycles. The number of nitrogens with zero attached hydrogens (tertiary/aromatic N) is 2. The Hall–Kier alpha value is -2.08. The zero-order chi connectivity index (χ0) is 16.2. The summed E-state index contributed by atoms with van der Waals surface area (Å²) < 4.78 is 30.2. The number of alkyl halides is 2. The van der Waals surface area contributed by atoms with Crippen molar-refractivity contribution in [2.24, 2.45) is 0 Å². The number of rotatable bonds is 4. The lowest BCUT2D eigenvalue weighted by Crippen LogP contribution is -2.40. The van der Waals surface area contributed by atoms with Crippen LogP contribution in [0.1, 0.15) is 23.2 Å². The van der Waals surface area contributed by atoms with E-state index in [4.69, 9.17) is 4.74 Å². The van der Waals surface area contributed by atoms with Gasteiger partial charge in [-0.15, -0.1) is 0 Å². The van der Waals surface area contributed by atoms with E-state index in [0.717, 1.165) is 10.9 Å². The second kappa shape index (κ2) is 7.00. The maximum absolute atomic E-state index is 12.3. The Labute approximate surface area is 133 Å². The minimum atomic E-state index is -2.32. The first-order chi connectivity index (χ1) is 11.1. The van der Waals surface area contributed by atoms with Crippen molar-refractivity contribution in [3.8, 4) is 0 Å². The van der Waals surface area contributed by atoms with Gasteiger partial charge in [0, 0.05) is 24.7 Å². The van der Waals surface area contributed by atoms with Crippen LogP contribution >= 0.6 is 0 Å². The minimum Gasteiger partial charge on any atom is -0.459 e. The summed E-state index contributed by atoms with van der Waals surface area (Å²) in [7, 11) is 0. The van der Waals surface area contributed by atoms with Crippen LogP contribution in [0.5, 0.6) is 0 Å². The predicted molar refractivity (Wildman–Crippen MR) is 82.6 cm³/mol. The molecule has 0 spiro atoms. The summed E-state index contributed by atoms with van der Waals surface area (Å²) in [5.74, 6) is -0.372. The fourth-order valence-electron chi connectivity index (χ4n) is 2.83. The molecule has 0 bridgehead atoms. The van der Waals surface area contributed by atoms with Crippen molar-refractivity contribution in [1.29, 1.82) is 0 Å². The van der Waals surface area contributed by atoms with E-state index in [2.05, 4.69) is 4.98 Å². The molecule has 2 aromatic rings. The number of hydrogen-bond donors (Lipinski definition) is 0. The second-order valence-corrected chi connectivity index (χ2v) is 5.71. The summed E-state index contributed by atoms with van der Waals surface area (Å²) in [4.78, 5) is 18.2. The summed E-state index contributed by atoms with van der Waals surface area (Å²) in [5, 5.41) is 0.883. The maximum Gasteiger partial charge on any atom is 0.338 e. The number of carbonyl (C=O) groups is 1. The molecule has 1 aromatic carbocycles. The number of likely N-dealkylation sites (tertiary alicyclic amines) is 1. The van der Waals surface area contributed by atoms with E-state index in [1.165, 1.54) is 0 Å². The van der Waals surface area contributed by atoms with Gasteiger partial charge in [-0.25, -0.2) is 13.6 Å². The van der Waals surface area contributed by atoms with Crippen molar-refractivity contribution < 1.29 is 18.3 Å². The van der Waals surface area contributed by atoms with E-state index in [-0.39, 0.29) is 18.6 Å². The molecule has 122 valence electrons. The molecule has 0 unspecified atom stereocenters. The van der Waals surface area contributed by atoms with Crippen molar-refractivity contribution in [3.63, 3.8) is 0 Å². The third-order valence-corrected chi connectivity index (χ3v) is 4.04. The average molecular weight is 320 g/mol. The maximum atomic E-state index is 12.3. The number of benzene rings is 1. The smallest absolute Gasteiger partial charge is 0.338 e. The van der Waals surface area contributed by atoms with Gasteiger partial charge in [0.2, 0.25) is 0 Å². The molecule has 1 aliphatic rings. The monoisotopic (exact) mass is 320 g/mol. The molecule has 1 aliphatic heterocycles. The van der Waals surface area contributed by atoms with E-state index in [9.17, 15) is 13.6 Å². The first-order valence-corrected chi connectivity index (χ1v) is 7.68. The SMILES string of the molecule is O=C(OC1CCN(CC(F)F)CC1)c1ccc2ncccc2c1. The van der Waals surface area contributed by atoms with E-state index >= 15 is 0 Å². The highest BCUT2D eigenvalue weighted by Gasteiger charge is 2.24. The number of pyridine rings is 1. The number of carbonyl (C=O) groups excluding carboxylic acids is 1. The Kier molecular flexibility index (Phi) is 4.81. The van der Waals surface area contributed by atoms with Crippen LogP contribution in [0.4, 0.5) is 8.78 Å². The molecular formula is C17H18F2N2O2. The van der Waals surface area contributed by atoms with Crippen LogP contribution < -0.4 is 0 Å². The topological polar surface area (TPSA) is 42.4 Å². The van der Waals surface area contributed by atoms with Crippen molar-refractivity contribution in [1.82, 2.24) is 9.88 Å². The van der Waals surface area contributed by atoms with Gasteiger partial charge >= 0.3 is 5.97 Å². The standard InChI is InChI=1S/C17H18F2N2O2/c18-16(19)11-21-8-5-14(6-9-21)23-17(22)13-3-4-15-12(10-13)2-1-7-20-15/h1-4,7,10,14,16H,5-6,8-9,11H2. The van der Waals surface area contributed by atoms with E-state index in [0.29, 0.717) is 31.5 Å². The number of esters is 1. The fraction of sp³-hybridized carbons (Fsp3) is 0.412. The summed E-state index contributed by atoms with van der Waals surface area (Å²) in [6, 6.07) is 8.95. The van der Waals surface area contributed by atoms with Crippen LogP contribution in [-0.2, 0) is 4.74 Å². The molecule has 4 nitrogen and oxygen atoms in total. The molecule has 0 saturated carbocycles. The van der Waals surface area contributed by atoms with Crippen LogP contribution in [0.25, 0.3) is 10.9 Å². The van der Waals surface area contributed by atoms with Gasteiger partial charge in [-0.2, -0.15) is 0 Å². The number of hydrogen-bond acceptors (Lipinski definition) is 4. The van der Waals surface area contributed by atoms with Gasteiger partial charge < -0.3 is 4.74 Å². The summed E-state index contributed by atoms with van der Waals surface area (Å²) in [6.45, 7) is 0.853.